The Kier molecular flexibility index (Phi) is 3.57. The van der Waals surface area contributed by atoms with E-state index < -0.39 is 0 Å². The van der Waals surface area contributed by atoms with Gasteiger partial charge in [0.25, 0.3) is 0 Å². The zero-order valence-corrected chi connectivity index (χ0v) is 12.7. The van der Waals surface area contributed by atoms with E-state index in [1.165, 1.54) is 33.4 Å². The quantitative estimate of drug-likeness (QED) is 0.614. The van der Waals surface area contributed by atoms with Gasteiger partial charge in [0, 0.05) is 11.8 Å². The molecule has 0 saturated carbocycles. The molecule has 3 aromatic rings. The molecule has 0 radical (unpaired) electrons. The van der Waals surface area contributed by atoms with Gasteiger partial charge < -0.3 is 0 Å². The van der Waals surface area contributed by atoms with Gasteiger partial charge in [0.1, 0.15) is 0 Å². The van der Waals surface area contributed by atoms with Gasteiger partial charge in [0.15, 0.2) is 0 Å². The summed E-state index contributed by atoms with van der Waals surface area (Å²) in [5, 5.41) is 0. The molecule has 0 aliphatic carbocycles. The van der Waals surface area contributed by atoms with Gasteiger partial charge >= 0.3 is 0 Å². The Labute approximate surface area is 126 Å². The van der Waals surface area contributed by atoms with Crippen molar-refractivity contribution in [2.75, 3.05) is 0 Å². The molecule has 0 amide bonds. The zero-order valence-electron chi connectivity index (χ0n) is 12.7. The summed E-state index contributed by atoms with van der Waals surface area (Å²) in [6, 6.07) is 19.3. The molecule has 0 fully saturated rings. The maximum Gasteiger partial charge on any atom is 0.0733 e. The SMILES string of the molecule is Cc1ccc(-c2cccc(-c3nccc(C)c3C)c2)cc1. The van der Waals surface area contributed by atoms with Crippen molar-refractivity contribution in [3.63, 3.8) is 0 Å². The molecule has 0 bridgehead atoms. The highest BCUT2D eigenvalue weighted by molar-refractivity contribution is 5.73. The Morgan fingerprint density at radius 3 is 2.19 bits per heavy atom. The largest absolute Gasteiger partial charge is 0.256 e. The molecule has 1 nitrogen and oxygen atoms in total. The van der Waals surface area contributed by atoms with Crippen molar-refractivity contribution in [2.45, 2.75) is 20.8 Å². The lowest BCUT2D eigenvalue weighted by Gasteiger charge is -2.09. The van der Waals surface area contributed by atoms with E-state index in [-0.39, 0.29) is 0 Å². The standard InChI is InChI=1S/C20H19N/c1-14-7-9-17(10-8-14)18-5-4-6-19(13-18)20-16(3)15(2)11-12-21-20/h4-13H,1-3H3. The molecule has 0 saturated heterocycles. The third kappa shape index (κ3) is 2.73. The normalized spacial score (nSPS) is 10.6. The first kappa shape index (κ1) is 13.6. The smallest absolute Gasteiger partial charge is 0.0733 e. The van der Waals surface area contributed by atoms with Gasteiger partial charge in [0.05, 0.1) is 5.69 Å². The number of aryl methyl sites for hydroxylation is 2. The van der Waals surface area contributed by atoms with Crippen LogP contribution in [0.2, 0.25) is 0 Å². The van der Waals surface area contributed by atoms with Crippen LogP contribution in [0, 0.1) is 20.8 Å². The van der Waals surface area contributed by atoms with Crippen LogP contribution in [0.5, 0.6) is 0 Å². The van der Waals surface area contributed by atoms with Crippen molar-refractivity contribution in [2.24, 2.45) is 0 Å². The second-order valence-electron chi connectivity index (χ2n) is 5.55. The van der Waals surface area contributed by atoms with E-state index in [9.17, 15) is 0 Å². The van der Waals surface area contributed by atoms with Gasteiger partial charge in [-0.1, -0.05) is 48.0 Å². The number of pyridine rings is 1. The Balaban J connectivity index is 2.08. The fraction of sp³-hybridized carbons (Fsp3) is 0.150. The molecule has 0 atom stereocenters. The molecule has 1 aromatic heterocycles. The number of nitrogens with zero attached hydrogens (tertiary/aromatic N) is 1. The molecular weight excluding hydrogens is 254 g/mol. The van der Waals surface area contributed by atoms with Crippen LogP contribution < -0.4 is 0 Å². The minimum atomic E-state index is 1.07. The lowest BCUT2D eigenvalue weighted by Crippen LogP contribution is -1.91. The van der Waals surface area contributed by atoms with Crippen LogP contribution in [0.4, 0.5) is 0 Å². The van der Waals surface area contributed by atoms with Crippen molar-refractivity contribution in [3.8, 4) is 22.4 Å². The van der Waals surface area contributed by atoms with Crippen LogP contribution >= 0.6 is 0 Å². The number of aromatic nitrogens is 1. The summed E-state index contributed by atoms with van der Waals surface area (Å²) >= 11 is 0. The van der Waals surface area contributed by atoms with Crippen molar-refractivity contribution in [1.29, 1.82) is 0 Å². The zero-order chi connectivity index (χ0) is 14.8. The number of hydrogen-bond acceptors (Lipinski definition) is 1. The van der Waals surface area contributed by atoms with Crippen molar-refractivity contribution in [1.82, 2.24) is 4.98 Å². The van der Waals surface area contributed by atoms with Gasteiger partial charge in [-0.25, -0.2) is 0 Å². The van der Waals surface area contributed by atoms with Gasteiger partial charge in [-0.2, -0.15) is 0 Å². The highest BCUT2D eigenvalue weighted by Gasteiger charge is 2.06. The van der Waals surface area contributed by atoms with Gasteiger partial charge in [-0.3, -0.25) is 4.98 Å². The molecule has 0 aliphatic heterocycles. The summed E-state index contributed by atoms with van der Waals surface area (Å²) in [5.74, 6) is 0. The fourth-order valence-corrected chi connectivity index (χ4v) is 2.52. The van der Waals surface area contributed by atoms with Crippen molar-refractivity contribution in [3.05, 3.63) is 77.5 Å². The molecule has 21 heavy (non-hydrogen) atoms. The van der Waals surface area contributed by atoms with E-state index >= 15 is 0 Å². The average Bonchev–Trinajstić information content (AvgIpc) is 2.51. The van der Waals surface area contributed by atoms with Crippen LogP contribution in [0.25, 0.3) is 22.4 Å². The van der Waals surface area contributed by atoms with Crippen LogP contribution in [-0.4, -0.2) is 4.98 Å². The second-order valence-corrected chi connectivity index (χ2v) is 5.55. The number of hydrogen-bond donors (Lipinski definition) is 0. The minimum absolute atomic E-state index is 1.07. The molecule has 3 rings (SSSR count). The molecule has 1 heterocycles. The Morgan fingerprint density at radius 2 is 1.43 bits per heavy atom. The highest BCUT2D eigenvalue weighted by atomic mass is 14.7. The number of rotatable bonds is 2. The maximum absolute atomic E-state index is 4.56. The van der Waals surface area contributed by atoms with Crippen molar-refractivity contribution >= 4 is 0 Å². The molecule has 0 spiro atoms. The summed E-state index contributed by atoms with van der Waals surface area (Å²) in [5.41, 5.74) is 8.53. The third-order valence-corrected chi connectivity index (χ3v) is 4.00. The molecule has 0 N–H and O–H groups in total. The maximum atomic E-state index is 4.56. The van der Waals surface area contributed by atoms with Crippen LogP contribution in [0.15, 0.2) is 60.8 Å². The van der Waals surface area contributed by atoms with E-state index in [4.69, 9.17) is 0 Å². The summed E-state index contributed by atoms with van der Waals surface area (Å²) in [6.07, 6.45) is 1.89. The molecular formula is C20H19N. The van der Waals surface area contributed by atoms with E-state index in [2.05, 4.69) is 80.4 Å². The van der Waals surface area contributed by atoms with Crippen LogP contribution in [-0.2, 0) is 0 Å². The summed E-state index contributed by atoms with van der Waals surface area (Å²) in [7, 11) is 0. The lowest BCUT2D eigenvalue weighted by atomic mass is 9.98. The summed E-state index contributed by atoms with van der Waals surface area (Å²) in [4.78, 5) is 4.56. The summed E-state index contributed by atoms with van der Waals surface area (Å²) < 4.78 is 0. The third-order valence-electron chi connectivity index (χ3n) is 4.00. The predicted octanol–water partition coefficient (Wildman–Crippen LogP) is 5.34. The highest BCUT2D eigenvalue weighted by Crippen LogP contribution is 2.28. The molecule has 104 valence electrons. The minimum Gasteiger partial charge on any atom is -0.256 e. The first-order valence-electron chi connectivity index (χ1n) is 7.25. The van der Waals surface area contributed by atoms with Crippen molar-refractivity contribution < 1.29 is 0 Å². The second kappa shape index (κ2) is 5.53. The van der Waals surface area contributed by atoms with Gasteiger partial charge in [0.2, 0.25) is 0 Å². The molecule has 1 heteroatoms. The monoisotopic (exact) mass is 273 g/mol. The first-order valence-corrected chi connectivity index (χ1v) is 7.25. The Bertz CT molecular complexity index is 770. The predicted molar refractivity (Wildman–Crippen MR) is 89.3 cm³/mol. The van der Waals surface area contributed by atoms with Gasteiger partial charge in [-0.15, -0.1) is 0 Å². The van der Waals surface area contributed by atoms with E-state index in [0.29, 0.717) is 0 Å². The lowest BCUT2D eigenvalue weighted by molar-refractivity contribution is 1.22. The molecule has 2 aromatic carbocycles. The number of benzene rings is 2. The first-order chi connectivity index (χ1) is 10.1. The molecule has 0 unspecified atom stereocenters. The molecule has 0 aliphatic rings. The van der Waals surface area contributed by atoms with Gasteiger partial charge in [-0.05, 0) is 55.2 Å². The average molecular weight is 273 g/mol. The summed E-state index contributed by atoms with van der Waals surface area (Å²) in [6.45, 7) is 6.38. The van der Waals surface area contributed by atoms with E-state index in [1.54, 1.807) is 0 Å². The Morgan fingerprint density at radius 1 is 0.714 bits per heavy atom. The fourth-order valence-electron chi connectivity index (χ4n) is 2.52. The topological polar surface area (TPSA) is 12.9 Å². The van der Waals surface area contributed by atoms with E-state index in [0.717, 1.165) is 5.69 Å². The van der Waals surface area contributed by atoms with Crippen LogP contribution in [0.1, 0.15) is 16.7 Å². The Hall–Kier alpha value is -2.41. The van der Waals surface area contributed by atoms with E-state index in [1.807, 2.05) is 6.20 Å². The van der Waals surface area contributed by atoms with Crippen LogP contribution in [0.3, 0.4) is 0 Å².